The van der Waals surface area contributed by atoms with Gasteiger partial charge >= 0.3 is 0 Å². The summed E-state index contributed by atoms with van der Waals surface area (Å²) in [6.45, 7) is 3.68. The lowest BCUT2D eigenvalue weighted by Gasteiger charge is -2.18. The summed E-state index contributed by atoms with van der Waals surface area (Å²) in [7, 11) is 1.65. The molecule has 1 aliphatic rings. The molecule has 0 fully saturated rings. The predicted octanol–water partition coefficient (Wildman–Crippen LogP) is 8.93. The molecule has 1 N–H and O–H groups in total. The van der Waals surface area contributed by atoms with Gasteiger partial charge in [-0.25, -0.2) is 0 Å². The molecular formula is C33H48N2O3S. The number of nitrogens with zero attached hydrogens (tertiary/aromatic N) is 1. The Morgan fingerprint density at radius 3 is 2.21 bits per heavy atom. The quantitative estimate of drug-likeness (QED) is 0.166. The SMILES string of the molecule is CCCCCCCCCCCCCCOc1c(CC(=O)Nc2ccccc2CN2C=CSC2)cccc1OC. The normalized spacial score (nSPS) is 12.6. The summed E-state index contributed by atoms with van der Waals surface area (Å²) < 4.78 is 11.8. The van der Waals surface area contributed by atoms with Crippen LogP contribution in [-0.2, 0) is 17.8 Å². The van der Waals surface area contributed by atoms with Crippen LogP contribution in [-0.4, -0.2) is 30.4 Å². The van der Waals surface area contributed by atoms with Crippen LogP contribution in [0.5, 0.6) is 11.5 Å². The summed E-state index contributed by atoms with van der Waals surface area (Å²) in [6.07, 6.45) is 18.1. The summed E-state index contributed by atoms with van der Waals surface area (Å²) in [4.78, 5) is 15.3. The molecule has 214 valence electrons. The number of thioether (sulfide) groups is 1. The van der Waals surface area contributed by atoms with Crippen LogP contribution in [0.25, 0.3) is 0 Å². The van der Waals surface area contributed by atoms with Gasteiger partial charge in [0.05, 0.1) is 26.0 Å². The molecule has 0 spiro atoms. The number of hydrogen-bond acceptors (Lipinski definition) is 5. The minimum absolute atomic E-state index is 0.0581. The number of amides is 1. The first-order valence-corrected chi connectivity index (χ1v) is 15.9. The standard InChI is InChI=1S/C33H48N2O3S/c1-3-4-5-6-7-8-9-10-11-12-13-16-23-38-33-28(19-17-21-31(33)37-2)25-32(36)34-30-20-15-14-18-29(30)26-35-22-24-39-27-35/h14-15,17-22,24H,3-13,16,23,25-27H2,1-2H3,(H,34,36). The Morgan fingerprint density at radius 1 is 0.872 bits per heavy atom. The zero-order valence-corrected chi connectivity index (χ0v) is 24.9. The second-order valence-corrected chi connectivity index (χ2v) is 11.3. The van der Waals surface area contributed by atoms with Crippen LogP contribution in [0.2, 0.25) is 0 Å². The molecule has 0 unspecified atom stereocenters. The summed E-state index contributed by atoms with van der Waals surface area (Å²) >= 11 is 1.78. The highest BCUT2D eigenvalue weighted by Crippen LogP contribution is 2.32. The minimum Gasteiger partial charge on any atom is -0.493 e. The van der Waals surface area contributed by atoms with E-state index in [0.29, 0.717) is 18.1 Å². The van der Waals surface area contributed by atoms with Crippen LogP contribution >= 0.6 is 11.8 Å². The van der Waals surface area contributed by atoms with E-state index in [1.54, 1.807) is 18.9 Å². The average molecular weight is 553 g/mol. The topological polar surface area (TPSA) is 50.8 Å². The van der Waals surface area contributed by atoms with Gasteiger partial charge in [0.15, 0.2) is 11.5 Å². The van der Waals surface area contributed by atoms with Gasteiger partial charge in [0.1, 0.15) is 0 Å². The summed E-state index contributed by atoms with van der Waals surface area (Å²) in [5, 5.41) is 5.22. The average Bonchev–Trinajstić information content (AvgIpc) is 3.46. The maximum atomic E-state index is 13.1. The number of methoxy groups -OCH3 is 1. The number of rotatable bonds is 20. The number of nitrogens with one attached hydrogen (secondary N) is 1. The Kier molecular flexibility index (Phi) is 14.8. The van der Waals surface area contributed by atoms with E-state index in [2.05, 4.69) is 34.8 Å². The number of hydrogen-bond donors (Lipinski definition) is 1. The third kappa shape index (κ3) is 11.6. The van der Waals surface area contributed by atoms with Gasteiger partial charge in [-0.2, -0.15) is 0 Å². The highest BCUT2D eigenvalue weighted by molar-refractivity contribution is 8.02. The number of carbonyl (C=O) groups excluding carboxylic acids is 1. The molecule has 0 saturated heterocycles. The van der Waals surface area contributed by atoms with E-state index in [0.717, 1.165) is 35.7 Å². The van der Waals surface area contributed by atoms with Crippen molar-refractivity contribution in [2.75, 3.05) is 24.9 Å². The van der Waals surface area contributed by atoms with Gasteiger partial charge in [0.2, 0.25) is 5.91 Å². The van der Waals surface area contributed by atoms with Gasteiger partial charge in [-0.1, -0.05) is 108 Å². The molecule has 0 radical (unpaired) electrons. The van der Waals surface area contributed by atoms with Crippen LogP contribution in [0.4, 0.5) is 5.69 Å². The van der Waals surface area contributed by atoms with Crippen molar-refractivity contribution in [2.45, 2.75) is 96.9 Å². The first-order chi connectivity index (χ1) is 19.2. The van der Waals surface area contributed by atoms with Crippen LogP contribution in [0, 0.1) is 0 Å². The monoisotopic (exact) mass is 552 g/mol. The molecular weight excluding hydrogens is 504 g/mol. The number of benzene rings is 2. The molecule has 3 rings (SSSR count). The van der Waals surface area contributed by atoms with Crippen LogP contribution < -0.4 is 14.8 Å². The minimum atomic E-state index is -0.0581. The highest BCUT2D eigenvalue weighted by Gasteiger charge is 2.16. The van der Waals surface area contributed by atoms with Crippen LogP contribution in [0.1, 0.15) is 95.1 Å². The van der Waals surface area contributed by atoms with Crippen molar-refractivity contribution in [3.63, 3.8) is 0 Å². The van der Waals surface area contributed by atoms with Crippen molar-refractivity contribution in [3.8, 4) is 11.5 Å². The van der Waals surface area contributed by atoms with Gasteiger partial charge in [-0.15, -0.1) is 11.8 Å². The van der Waals surface area contributed by atoms with E-state index in [9.17, 15) is 4.79 Å². The second kappa shape index (κ2) is 18.6. The smallest absolute Gasteiger partial charge is 0.228 e. The fraction of sp³-hybridized carbons (Fsp3) is 0.545. The molecule has 1 amide bonds. The molecule has 6 heteroatoms. The maximum Gasteiger partial charge on any atom is 0.228 e. The highest BCUT2D eigenvalue weighted by atomic mass is 32.2. The molecule has 0 bridgehead atoms. The first kappa shape index (κ1) is 30.9. The van der Waals surface area contributed by atoms with Gasteiger partial charge in [-0.05, 0) is 29.5 Å². The summed E-state index contributed by atoms with van der Waals surface area (Å²) in [6, 6.07) is 13.8. The Balaban J connectivity index is 1.41. The maximum absolute atomic E-state index is 13.1. The zero-order chi connectivity index (χ0) is 27.5. The molecule has 5 nitrogen and oxygen atoms in total. The fourth-order valence-electron chi connectivity index (χ4n) is 4.92. The third-order valence-corrected chi connectivity index (χ3v) is 7.94. The van der Waals surface area contributed by atoms with Crippen LogP contribution in [0.3, 0.4) is 0 Å². The molecule has 39 heavy (non-hydrogen) atoms. The van der Waals surface area contributed by atoms with Crippen molar-refractivity contribution >= 4 is 23.4 Å². The van der Waals surface area contributed by atoms with E-state index < -0.39 is 0 Å². The summed E-state index contributed by atoms with van der Waals surface area (Å²) in [5.74, 6) is 2.24. The molecule has 2 aromatic carbocycles. The van der Waals surface area contributed by atoms with E-state index >= 15 is 0 Å². The molecule has 0 atom stereocenters. The Bertz CT molecular complexity index is 1010. The number of carbonyl (C=O) groups is 1. The van der Waals surface area contributed by atoms with E-state index in [1.807, 2.05) is 36.4 Å². The largest absolute Gasteiger partial charge is 0.493 e. The van der Waals surface area contributed by atoms with E-state index in [4.69, 9.17) is 9.47 Å². The molecule has 0 saturated carbocycles. The Labute approximate surface area is 240 Å². The molecule has 0 aromatic heterocycles. The Morgan fingerprint density at radius 2 is 1.54 bits per heavy atom. The number of ether oxygens (including phenoxy) is 2. The molecule has 1 aliphatic heterocycles. The predicted molar refractivity (Wildman–Crippen MR) is 165 cm³/mol. The fourth-order valence-corrected chi connectivity index (χ4v) is 5.63. The van der Waals surface area contributed by atoms with Crippen molar-refractivity contribution in [1.29, 1.82) is 0 Å². The zero-order valence-electron chi connectivity index (χ0n) is 24.1. The second-order valence-electron chi connectivity index (χ2n) is 10.4. The molecule has 1 heterocycles. The van der Waals surface area contributed by atoms with Crippen molar-refractivity contribution < 1.29 is 14.3 Å². The lowest BCUT2D eigenvalue weighted by atomic mass is 10.1. The number of para-hydroxylation sites is 2. The van der Waals surface area contributed by atoms with Crippen molar-refractivity contribution in [3.05, 3.63) is 65.2 Å². The lowest BCUT2D eigenvalue weighted by Crippen LogP contribution is -2.19. The number of anilines is 1. The number of unbranched alkanes of at least 4 members (excludes halogenated alkanes) is 11. The van der Waals surface area contributed by atoms with Crippen molar-refractivity contribution in [2.24, 2.45) is 0 Å². The van der Waals surface area contributed by atoms with Gasteiger partial charge < -0.3 is 19.7 Å². The van der Waals surface area contributed by atoms with Gasteiger partial charge in [-0.3, -0.25) is 4.79 Å². The van der Waals surface area contributed by atoms with Gasteiger partial charge in [0.25, 0.3) is 0 Å². The lowest BCUT2D eigenvalue weighted by molar-refractivity contribution is -0.115. The van der Waals surface area contributed by atoms with Crippen molar-refractivity contribution in [1.82, 2.24) is 4.90 Å². The third-order valence-electron chi connectivity index (χ3n) is 7.15. The molecule has 0 aliphatic carbocycles. The van der Waals surface area contributed by atoms with Gasteiger partial charge in [0, 0.05) is 24.0 Å². The summed E-state index contributed by atoms with van der Waals surface area (Å²) in [5.41, 5.74) is 2.81. The van der Waals surface area contributed by atoms with E-state index in [-0.39, 0.29) is 12.3 Å². The van der Waals surface area contributed by atoms with Crippen LogP contribution in [0.15, 0.2) is 54.1 Å². The molecule has 2 aromatic rings. The Hall–Kier alpha value is -2.60. The van der Waals surface area contributed by atoms with E-state index in [1.165, 1.54) is 70.6 Å². The first-order valence-electron chi connectivity index (χ1n) is 14.9.